The third-order valence-corrected chi connectivity index (χ3v) is 6.52. The molecule has 1 aliphatic heterocycles. The predicted molar refractivity (Wildman–Crippen MR) is 82.4 cm³/mol. The maximum Gasteiger partial charge on any atom is 0.0694 e. The minimum atomic E-state index is -1.03. The topological polar surface area (TPSA) is 52.3 Å². The summed E-state index contributed by atoms with van der Waals surface area (Å²) in [7, 11) is -1.03. The van der Waals surface area contributed by atoms with Gasteiger partial charge in [0.1, 0.15) is 0 Å². The molecule has 1 saturated carbocycles. The quantitative estimate of drug-likeness (QED) is 0.850. The fraction of sp³-hybridized carbons (Fsp3) is 0.600. The van der Waals surface area contributed by atoms with E-state index in [1.807, 2.05) is 6.07 Å². The molecule has 0 radical (unpaired) electrons. The lowest BCUT2D eigenvalue weighted by Crippen LogP contribution is -2.41. The van der Waals surface area contributed by atoms with Crippen molar-refractivity contribution >= 4 is 28.1 Å². The molecule has 3 nitrogen and oxygen atoms in total. The van der Waals surface area contributed by atoms with Crippen LogP contribution in [-0.4, -0.2) is 21.7 Å². The van der Waals surface area contributed by atoms with E-state index in [0.29, 0.717) is 10.7 Å². The number of hydrogen-bond donors (Lipinski definition) is 1. The molecule has 1 aliphatic carbocycles. The highest BCUT2D eigenvalue weighted by atomic mass is 35.5. The van der Waals surface area contributed by atoms with Crippen molar-refractivity contribution in [3.63, 3.8) is 0 Å². The maximum absolute atomic E-state index is 12.8. The highest BCUT2D eigenvalue weighted by Gasteiger charge is 2.41. The lowest BCUT2D eigenvalue weighted by molar-refractivity contribution is -0.0708. The number of nitrogens with two attached hydrogens (primary N) is 1. The molecule has 5 heteroatoms. The molecule has 1 saturated heterocycles. The molecular weight excluding hydrogens is 294 g/mol. The van der Waals surface area contributed by atoms with Crippen molar-refractivity contribution < 1.29 is 8.95 Å². The molecule has 0 aromatic heterocycles. The number of halogens is 1. The molecule has 1 aromatic rings. The smallest absolute Gasteiger partial charge is 0.0694 e. The Morgan fingerprint density at radius 2 is 2.10 bits per heavy atom. The molecule has 2 unspecified atom stereocenters. The number of hydrogen-bond acceptors (Lipinski definition) is 3. The van der Waals surface area contributed by atoms with Crippen molar-refractivity contribution in [2.75, 3.05) is 12.3 Å². The van der Waals surface area contributed by atoms with E-state index in [0.717, 1.165) is 37.2 Å². The number of ether oxygens (including phenoxy) is 1. The van der Waals surface area contributed by atoms with Crippen molar-refractivity contribution in [1.29, 1.82) is 0 Å². The molecule has 0 bridgehead atoms. The van der Waals surface area contributed by atoms with Gasteiger partial charge in [0.25, 0.3) is 0 Å². The van der Waals surface area contributed by atoms with Gasteiger partial charge in [-0.15, -0.1) is 0 Å². The zero-order valence-electron chi connectivity index (χ0n) is 11.4. The second-order valence-corrected chi connectivity index (χ2v) is 7.97. The second-order valence-electron chi connectivity index (χ2n) is 5.83. The summed E-state index contributed by atoms with van der Waals surface area (Å²) < 4.78 is 18.8. The van der Waals surface area contributed by atoms with E-state index in [9.17, 15) is 4.21 Å². The molecule has 2 N–H and O–H groups in total. The van der Waals surface area contributed by atoms with Crippen LogP contribution >= 0.6 is 11.6 Å². The highest BCUT2D eigenvalue weighted by molar-refractivity contribution is 7.85. The largest absolute Gasteiger partial charge is 0.398 e. The summed E-state index contributed by atoms with van der Waals surface area (Å²) in [5.41, 5.74) is 6.24. The Bertz CT molecular complexity index is 529. The molecule has 1 spiro atoms. The van der Waals surface area contributed by atoms with Gasteiger partial charge in [0, 0.05) is 16.8 Å². The van der Waals surface area contributed by atoms with Crippen LogP contribution in [0.1, 0.15) is 38.5 Å². The fourth-order valence-corrected chi connectivity index (χ4v) is 5.19. The average Bonchev–Trinajstić information content (AvgIpc) is 2.89. The lowest BCUT2D eigenvalue weighted by atomic mass is 9.92. The Labute approximate surface area is 127 Å². The molecule has 0 amide bonds. The summed E-state index contributed by atoms with van der Waals surface area (Å²) in [6.45, 7) is 0.721. The third-order valence-electron chi connectivity index (χ3n) is 4.47. The fourth-order valence-electron chi connectivity index (χ4n) is 3.36. The van der Waals surface area contributed by atoms with Crippen molar-refractivity contribution in [1.82, 2.24) is 0 Å². The summed E-state index contributed by atoms with van der Waals surface area (Å²) in [6, 6.07) is 5.30. The minimum Gasteiger partial charge on any atom is -0.398 e. The van der Waals surface area contributed by atoms with Gasteiger partial charge in [0.2, 0.25) is 0 Å². The van der Waals surface area contributed by atoms with Gasteiger partial charge in [-0.25, -0.2) is 0 Å². The number of nitrogen functional groups attached to an aromatic ring is 1. The maximum atomic E-state index is 12.8. The van der Waals surface area contributed by atoms with E-state index in [1.54, 1.807) is 12.1 Å². The molecule has 1 aromatic carbocycles. The summed E-state index contributed by atoms with van der Waals surface area (Å²) >= 11 is 6.03. The molecule has 3 rings (SSSR count). The van der Waals surface area contributed by atoms with Crippen LogP contribution in [0.15, 0.2) is 23.1 Å². The van der Waals surface area contributed by atoms with Crippen LogP contribution in [0, 0.1) is 0 Å². The Morgan fingerprint density at radius 1 is 1.35 bits per heavy atom. The van der Waals surface area contributed by atoms with Gasteiger partial charge in [-0.1, -0.05) is 24.4 Å². The first-order chi connectivity index (χ1) is 9.60. The molecule has 20 heavy (non-hydrogen) atoms. The van der Waals surface area contributed by atoms with Gasteiger partial charge < -0.3 is 10.5 Å². The van der Waals surface area contributed by atoms with Crippen LogP contribution in [0.5, 0.6) is 0 Å². The van der Waals surface area contributed by atoms with Crippen molar-refractivity contribution in [3.8, 4) is 0 Å². The Balaban J connectivity index is 1.77. The first-order valence-electron chi connectivity index (χ1n) is 7.19. The highest BCUT2D eigenvalue weighted by Crippen LogP contribution is 2.42. The number of rotatable bonds is 2. The van der Waals surface area contributed by atoms with E-state index in [4.69, 9.17) is 22.1 Å². The van der Waals surface area contributed by atoms with E-state index >= 15 is 0 Å². The zero-order chi connectivity index (χ0) is 14.2. The average molecular weight is 314 g/mol. The first-order valence-corrected chi connectivity index (χ1v) is 8.78. The monoisotopic (exact) mass is 313 g/mol. The number of benzene rings is 1. The molecular formula is C15H20ClNO2S. The third kappa shape index (κ3) is 2.74. The van der Waals surface area contributed by atoms with Gasteiger partial charge in [-0.2, -0.15) is 0 Å². The zero-order valence-corrected chi connectivity index (χ0v) is 13.0. The summed E-state index contributed by atoms with van der Waals surface area (Å²) in [6.07, 6.45) is 6.45. The summed E-state index contributed by atoms with van der Waals surface area (Å²) in [5.74, 6) is 0. The van der Waals surface area contributed by atoms with Crippen LogP contribution in [0.3, 0.4) is 0 Å². The molecule has 2 fully saturated rings. The Morgan fingerprint density at radius 3 is 2.80 bits per heavy atom. The van der Waals surface area contributed by atoms with Crippen LogP contribution in [-0.2, 0) is 15.5 Å². The predicted octanol–water partition coefficient (Wildman–Crippen LogP) is 3.52. The molecule has 110 valence electrons. The van der Waals surface area contributed by atoms with Gasteiger partial charge >= 0.3 is 0 Å². The van der Waals surface area contributed by atoms with Crippen molar-refractivity contribution in [2.45, 2.75) is 54.3 Å². The van der Waals surface area contributed by atoms with E-state index < -0.39 is 10.8 Å². The summed E-state index contributed by atoms with van der Waals surface area (Å²) in [4.78, 5) is 0.782. The Hall–Kier alpha value is -0.580. The first kappa shape index (κ1) is 14.4. The van der Waals surface area contributed by atoms with Crippen LogP contribution in [0.4, 0.5) is 5.69 Å². The van der Waals surface area contributed by atoms with Gasteiger partial charge in [0.15, 0.2) is 0 Å². The van der Waals surface area contributed by atoms with E-state index in [2.05, 4.69) is 0 Å². The Kier molecular flexibility index (Phi) is 4.07. The molecule has 2 atom stereocenters. The lowest BCUT2D eigenvalue weighted by Gasteiger charge is -2.37. The van der Waals surface area contributed by atoms with Crippen LogP contribution in [0.2, 0.25) is 5.02 Å². The van der Waals surface area contributed by atoms with Crippen molar-refractivity contribution in [3.05, 3.63) is 23.2 Å². The van der Waals surface area contributed by atoms with Crippen LogP contribution < -0.4 is 5.73 Å². The van der Waals surface area contributed by atoms with Crippen LogP contribution in [0.25, 0.3) is 0 Å². The SMILES string of the molecule is Nc1ccc(S(=O)C2CCOC3(CCCC3)C2)cc1Cl. The summed E-state index contributed by atoms with van der Waals surface area (Å²) in [5, 5.41) is 0.653. The second kappa shape index (κ2) is 5.66. The minimum absolute atomic E-state index is 0.00379. The normalized spacial score (nSPS) is 26.8. The molecule has 1 heterocycles. The van der Waals surface area contributed by atoms with Gasteiger partial charge in [0.05, 0.1) is 27.1 Å². The van der Waals surface area contributed by atoms with E-state index in [1.165, 1.54) is 12.8 Å². The van der Waals surface area contributed by atoms with Gasteiger partial charge in [-0.05, 0) is 43.9 Å². The standard InChI is InChI=1S/C15H20ClNO2S/c16-13-9-11(3-4-14(13)17)20(18)12-5-8-19-15(10-12)6-1-2-7-15/h3-4,9,12H,1-2,5-8,10,17H2. The van der Waals surface area contributed by atoms with Gasteiger partial charge in [-0.3, -0.25) is 4.21 Å². The molecule has 2 aliphatic rings. The van der Waals surface area contributed by atoms with E-state index in [-0.39, 0.29) is 10.9 Å². The number of anilines is 1. The van der Waals surface area contributed by atoms with Crippen molar-refractivity contribution in [2.24, 2.45) is 0 Å².